The third-order valence-electron chi connectivity index (χ3n) is 2.80. The first-order chi connectivity index (χ1) is 7.77. The number of rotatable bonds is 1. The van der Waals surface area contributed by atoms with Crippen LogP contribution in [0.25, 0.3) is 5.82 Å². The van der Waals surface area contributed by atoms with E-state index in [1.165, 1.54) is 0 Å². The van der Waals surface area contributed by atoms with Gasteiger partial charge in [-0.05, 0) is 12.1 Å². The Morgan fingerprint density at radius 3 is 3.06 bits per heavy atom. The van der Waals surface area contributed by atoms with Gasteiger partial charge in [-0.25, -0.2) is 4.99 Å². The van der Waals surface area contributed by atoms with Crippen LogP contribution >= 0.6 is 0 Å². The minimum atomic E-state index is -0.145. The van der Waals surface area contributed by atoms with Crippen LogP contribution in [0.3, 0.4) is 0 Å². The van der Waals surface area contributed by atoms with Crippen LogP contribution in [0.1, 0.15) is 11.9 Å². The molecule has 0 fully saturated rings. The van der Waals surface area contributed by atoms with Crippen molar-refractivity contribution in [3.8, 4) is 0 Å². The zero-order valence-corrected chi connectivity index (χ0v) is 8.81. The van der Waals surface area contributed by atoms with E-state index in [2.05, 4.69) is 20.2 Å². The fourth-order valence-electron chi connectivity index (χ4n) is 1.89. The average molecular weight is 216 g/mol. The molecule has 6 nitrogen and oxygen atoms in total. The third kappa shape index (κ3) is 1.13. The van der Waals surface area contributed by atoms with Crippen LogP contribution in [-0.4, -0.2) is 27.1 Å². The van der Waals surface area contributed by atoms with Crippen molar-refractivity contribution in [2.75, 3.05) is 7.05 Å². The van der Waals surface area contributed by atoms with E-state index in [9.17, 15) is 0 Å². The van der Waals surface area contributed by atoms with Gasteiger partial charge in [0.2, 0.25) is 0 Å². The Bertz CT molecular complexity index is 608. The van der Waals surface area contributed by atoms with Gasteiger partial charge in [0.05, 0.1) is 10.9 Å². The van der Waals surface area contributed by atoms with Crippen LogP contribution < -0.4 is 16.4 Å². The summed E-state index contributed by atoms with van der Waals surface area (Å²) >= 11 is 0. The molecule has 1 aliphatic rings. The predicted octanol–water partition coefficient (Wildman–Crippen LogP) is -0.974. The second-order valence-electron chi connectivity index (χ2n) is 3.75. The van der Waals surface area contributed by atoms with Crippen molar-refractivity contribution >= 4 is 5.82 Å². The highest BCUT2D eigenvalue weighted by Crippen LogP contribution is 2.20. The van der Waals surface area contributed by atoms with Crippen molar-refractivity contribution < 1.29 is 0 Å². The second kappa shape index (κ2) is 3.13. The first kappa shape index (κ1) is 9.02. The van der Waals surface area contributed by atoms with Gasteiger partial charge >= 0.3 is 0 Å². The molecule has 3 rings (SSSR count). The minimum Gasteiger partial charge on any atom is -0.385 e. The predicted molar refractivity (Wildman–Crippen MR) is 58.3 cm³/mol. The molecular formula is C10H12N6. The molecule has 0 bridgehead atoms. The zero-order valence-electron chi connectivity index (χ0n) is 8.81. The van der Waals surface area contributed by atoms with Gasteiger partial charge in [0.25, 0.3) is 0 Å². The number of nitrogens with two attached hydrogens (primary N) is 1. The maximum atomic E-state index is 6.06. The molecule has 0 radical (unpaired) electrons. The van der Waals surface area contributed by atoms with Gasteiger partial charge in [-0.15, -0.1) is 0 Å². The van der Waals surface area contributed by atoms with Crippen LogP contribution in [0.15, 0.2) is 29.5 Å². The quantitative estimate of drug-likeness (QED) is 0.573. The van der Waals surface area contributed by atoms with Gasteiger partial charge in [0, 0.05) is 19.4 Å². The molecular weight excluding hydrogens is 204 g/mol. The minimum absolute atomic E-state index is 0.145. The molecule has 0 aliphatic carbocycles. The molecule has 6 heteroatoms. The highest BCUT2D eigenvalue weighted by atomic mass is 15.3. The lowest BCUT2D eigenvalue weighted by atomic mass is 10.2. The Kier molecular flexibility index (Phi) is 1.76. The summed E-state index contributed by atoms with van der Waals surface area (Å²) < 4.78 is 0. The van der Waals surface area contributed by atoms with Crippen molar-refractivity contribution in [2.24, 2.45) is 10.7 Å². The molecule has 0 amide bonds. The fraction of sp³-hybridized carbons (Fsp3) is 0.200. The average Bonchev–Trinajstić information content (AvgIpc) is 2.92. The molecule has 0 spiro atoms. The van der Waals surface area contributed by atoms with E-state index in [1.807, 2.05) is 30.3 Å². The standard InChI is InChI=1S/C10H12N6/c1-16-8(11)6-2-4-12-9(6)14-10(16)7-3-5-13-15-7/h2-5,10H,11H2,1H3,(H,12,14)(H,13,15). The van der Waals surface area contributed by atoms with Crippen LogP contribution in [0.2, 0.25) is 0 Å². The Morgan fingerprint density at radius 2 is 2.31 bits per heavy atom. The van der Waals surface area contributed by atoms with Crippen molar-refractivity contribution in [1.29, 1.82) is 0 Å². The molecule has 2 aromatic rings. The molecule has 1 atom stereocenters. The van der Waals surface area contributed by atoms with Crippen LogP contribution in [0, 0.1) is 0 Å². The molecule has 0 saturated heterocycles. The van der Waals surface area contributed by atoms with Crippen LogP contribution in [0.5, 0.6) is 0 Å². The van der Waals surface area contributed by atoms with Crippen molar-refractivity contribution in [3.63, 3.8) is 0 Å². The van der Waals surface area contributed by atoms with Gasteiger partial charge in [-0.2, -0.15) is 5.10 Å². The van der Waals surface area contributed by atoms with E-state index in [1.54, 1.807) is 6.20 Å². The number of hydrogen-bond donors (Lipinski definition) is 3. The van der Waals surface area contributed by atoms with Crippen molar-refractivity contribution in [2.45, 2.75) is 6.17 Å². The normalized spacial score (nSPS) is 19.4. The number of aromatic nitrogens is 3. The Morgan fingerprint density at radius 1 is 1.44 bits per heavy atom. The largest absolute Gasteiger partial charge is 0.385 e. The molecule has 3 heterocycles. The second-order valence-corrected chi connectivity index (χ2v) is 3.75. The molecule has 4 N–H and O–H groups in total. The summed E-state index contributed by atoms with van der Waals surface area (Å²) in [7, 11) is 1.92. The molecule has 0 aromatic carbocycles. The topological polar surface area (TPSA) is 86.1 Å². The summed E-state index contributed by atoms with van der Waals surface area (Å²) in [4.78, 5) is 9.57. The SMILES string of the molecule is CN1C(N)=c2cc[nH]c2=NC1c1ccn[nH]1. The maximum absolute atomic E-state index is 6.06. The summed E-state index contributed by atoms with van der Waals surface area (Å²) in [6, 6.07) is 3.82. The van der Waals surface area contributed by atoms with E-state index >= 15 is 0 Å². The first-order valence-corrected chi connectivity index (χ1v) is 5.00. The fourth-order valence-corrected chi connectivity index (χ4v) is 1.89. The smallest absolute Gasteiger partial charge is 0.166 e. The van der Waals surface area contributed by atoms with Gasteiger partial charge < -0.3 is 15.6 Å². The van der Waals surface area contributed by atoms with E-state index < -0.39 is 0 Å². The van der Waals surface area contributed by atoms with E-state index in [-0.39, 0.29) is 6.17 Å². The Labute approximate surface area is 91.5 Å². The lowest BCUT2D eigenvalue weighted by Gasteiger charge is -2.27. The monoisotopic (exact) mass is 216 g/mol. The first-order valence-electron chi connectivity index (χ1n) is 5.00. The zero-order chi connectivity index (χ0) is 11.1. The molecule has 1 unspecified atom stereocenters. The van der Waals surface area contributed by atoms with Gasteiger partial charge in [0.1, 0.15) is 11.3 Å². The molecule has 82 valence electrons. The summed E-state index contributed by atoms with van der Waals surface area (Å²) in [6.45, 7) is 0. The molecule has 16 heavy (non-hydrogen) atoms. The number of fused-ring (bicyclic) bond motifs is 1. The van der Waals surface area contributed by atoms with Gasteiger partial charge in [0.15, 0.2) is 6.17 Å². The molecule has 0 saturated carbocycles. The lowest BCUT2D eigenvalue weighted by Crippen LogP contribution is -2.42. The summed E-state index contributed by atoms with van der Waals surface area (Å²) in [5, 5.41) is 7.78. The van der Waals surface area contributed by atoms with Crippen LogP contribution in [-0.2, 0) is 0 Å². The lowest BCUT2D eigenvalue weighted by molar-refractivity contribution is 0.336. The number of nitrogens with one attached hydrogen (secondary N) is 2. The molecule has 1 aliphatic heterocycles. The summed E-state index contributed by atoms with van der Waals surface area (Å²) in [5.74, 6) is 0.714. The summed E-state index contributed by atoms with van der Waals surface area (Å²) in [5.41, 5.74) is 7.80. The van der Waals surface area contributed by atoms with E-state index in [0.29, 0.717) is 5.82 Å². The number of nitrogens with zero attached hydrogens (tertiary/aromatic N) is 3. The van der Waals surface area contributed by atoms with Crippen LogP contribution in [0.4, 0.5) is 0 Å². The third-order valence-corrected chi connectivity index (χ3v) is 2.80. The maximum Gasteiger partial charge on any atom is 0.166 e. The van der Waals surface area contributed by atoms with Crippen molar-refractivity contribution in [3.05, 3.63) is 40.9 Å². The van der Waals surface area contributed by atoms with Gasteiger partial charge in [-0.3, -0.25) is 5.10 Å². The highest BCUT2D eigenvalue weighted by Gasteiger charge is 2.22. The number of hydrogen-bond acceptors (Lipinski definition) is 4. The Hall–Kier alpha value is -2.24. The van der Waals surface area contributed by atoms with Crippen molar-refractivity contribution in [1.82, 2.24) is 20.1 Å². The van der Waals surface area contributed by atoms with E-state index in [4.69, 9.17) is 5.73 Å². The summed E-state index contributed by atoms with van der Waals surface area (Å²) in [6.07, 6.45) is 3.40. The Balaban J connectivity index is 2.21. The number of H-pyrrole nitrogens is 2. The van der Waals surface area contributed by atoms with E-state index in [0.717, 1.165) is 16.4 Å². The van der Waals surface area contributed by atoms with Gasteiger partial charge in [-0.1, -0.05) is 0 Å². The highest BCUT2D eigenvalue weighted by molar-refractivity contribution is 5.40. The number of aromatic amines is 2. The molecule has 2 aromatic heterocycles.